The molecule has 0 aromatic rings. The summed E-state index contributed by atoms with van der Waals surface area (Å²) in [6.07, 6.45) is 3.74. The fraction of sp³-hybridized carbons (Fsp3) is 0.917. The van der Waals surface area contributed by atoms with Gasteiger partial charge in [-0.25, -0.2) is 4.79 Å². The van der Waals surface area contributed by atoms with Crippen molar-refractivity contribution in [1.29, 1.82) is 0 Å². The number of nitrogens with zero attached hydrogens (tertiary/aromatic N) is 1. The van der Waals surface area contributed by atoms with Gasteiger partial charge in [-0.1, -0.05) is 6.42 Å². The van der Waals surface area contributed by atoms with Crippen LogP contribution in [0.2, 0.25) is 0 Å². The van der Waals surface area contributed by atoms with E-state index in [4.69, 9.17) is 4.74 Å². The second-order valence-electron chi connectivity index (χ2n) is 5.44. The minimum Gasteiger partial charge on any atom is -0.447 e. The van der Waals surface area contributed by atoms with Gasteiger partial charge in [0.1, 0.15) is 6.61 Å². The minimum atomic E-state index is -0.168. The van der Waals surface area contributed by atoms with Gasteiger partial charge in [0.15, 0.2) is 0 Å². The molecule has 5 atom stereocenters. The molecule has 1 N–H and O–H groups in total. The quantitative estimate of drug-likeness (QED) is 0.677. The van der Waals surface area contributed by atoms with E-state index < -0.39 is 0 Å². The smallest absolute Gasteiger partial charge is 0.410 e. The zero-order chi connectivity index (χ0) is 11.3. The standard InChI is InChI=1S/C12H19NO3/c1-7-9-3-2-4-11(14)10(9)5-8-6-16-12(15)13(7)8/h7-11,14H,2-6H2,1H3. The Balaban J connectivity index is 1.85. The van der Waals surface area contributed by atoms with Gasteiger partial charge in [-0.05, 0) is 38.0 Å². The Bertz CT molecular complexity index is 307. The molecule has 0 aromatic heterocycles. The van der Waals surface area contributed by atoms with Gasteiger partial charge in [-0.3, -0.25) is 4.90 Å². The maximum atomic E-state index is 11.6. The third-order valence-electron chi connectivity index (χ3n) is 4.69. The summed E-state index contributed by atoms with van der Waals surface area (Å²) in [5.74, 6) is 0.838. The Morgan fingerprint density at radius 1 is 1.38 bits per heavy atom. The van der Waals surface area contributed by atoms with Crippen LogP contribution in [-0.4, -0.2) is 40.9 Å². The van der Waals surface area contributed by atoms with Crippen LogP contribution in [0.1, 0.15) is 32.6 Å². The van der Waals surface area contributed by atoms with E-state index in [1.54, 1.807) is 0 Å². The van der Waals surface area contributed by atoms with Crippen molar-refractivity contribution in [2.45, 2.75) is 50.8 Å². The van der Waals surface area contributed by atoms with Gasteiger partial charge in [0.2, 0.25) is 0 Å². The first-order chi connectivity index (χ1) is 7.68. The van der Waals surface area contributed by atoms with E-state index in [2.05, 4.69) is 6.92 Å². The third kappa shape index (κ3) is 1.35. The van der Waals surface area contributed by atoms with Crippen LogP contribution >= 0.6 is 0 Å². The van der Waals surface area contributed by atoms with Gasteiger partial charge < -0.3 is 9.84 Å². The lowest BCUT2D eigenvalue weighted by molar-refractivity contribution is -0.0415. The number of hydrogen-bond donors (Lipinski definition) is 1. The highest BCUT2D eigenvalue weighted by atomic mass is 16.6. The highest BCUT2D eigenvalue weighted by molar-refractivity contribution is 5.70. The van der Waals surface area contributed by atoms with E-state index in [9.17, 15) is 9.90 Å². The Hall–Kier alpha value is -0.770. The molecule has 0 aromatic carbocycles. The van der Waals surface area contributed by atoms with Gasteiger partial charge in [-0.15, -0.1) is 0 Å². The number of carbonyl (C=O) groups excluding carboxylic acids is 1. The van der Waals surface area contributed by atoms with Crippen molar-refractivity contribution in [2.24, 2.45) is 11.8 Å². The van der Waals surface area contributed by atoms with Crippen LogP contribution in [0.25, 0.3) is 0 Å². The molecule has 2 aliphatic heterocycles. The van der Waals surface area contributed by atoms with E-state index >= 15 is 0 Å². The fourth-order valence-electron chi connectivity index (χ4n) is 3.88. The van der Waals surface area contributed by atoms with Crippen LogP contribution in [-0.2, 0) is 4.74 Å². The second-order valence-corrected chi connectivity index (χ2v) is 5.44. The van der Waals surface area contributed by atoms with Crippen LogP contribution in [0.5, 0.6) is 0 Å². The number of amides is 1. The molecular weight excluding hydrogens is 206 g/mol. The number of aliphatic hydroxyl groups is 1. The molecule has 0 spiro atoms. The highest BCUT2D eigenvalue weighted by Crippen LogP contribution is 2.43. The van der Waals surface area contributed by atoms with Gasteiger partial charge in [-0.2, -0.15) is 0 Å². The monoisotopic (exact) mass is 225 g/mol. The van der Waals surface area contributed by atoms with E-state index in [-0.39, 0.29) is 24.3 Å². The van der Waals surface area contributed by atoms with Crippen molar-refractivity contribution in [3.05, 3.63) is 0 Å². The molecule has 1 saturated carbocycles. The molecule has 3 rings (SSSR count). The first-order valence-corrected chi connectivity index (χ1v) is 6.31. The van der Waals surface area contributed by atoms with Crippen molar-refractivity contribution in [2.75, 3.05) is 6.61 Å². The zero-order valence-corrected chi connectivity index (χ0v) is 9.63. The van der Waals surface area contributed by atoms with Crippen molar-refractivity contribution in [3.63, 3.8) is 0 Å². The van der Waals surface area contributed by atoms with E-state index in [1.165, 1.54) is 0 Å². The average molecular weight is 225 g/mol. The Morgan fingerprint density at radius 3 is 3.00 bits per heavy atom. The van der Waals surface area contributed by atoms with Crippen LogP contribution in [0.4, 0.5) is 4.79 Å². The lowest BCUT2D eigenvalue weighted by Crippen LogP contribution is -2.55. The maximum absolute atomic E-state index is 11.6. The summed E-state index contributed by atoms with van der Waals surface area (Å²) in [6, 6.07) is 0.435. The molecule has 16 heavy (non-hydrogen) atoms. The van der Waals surface area contributed by atoms with E-state index in [0.29, 0.717) is 18.4 Å². The first-order valence-electron chi connectivity index (χ1n) is 6.31. The molecule has 2 saturated heterocycles. The summed E-state index contributed by atoms with van der Waals surface area (Å²) in [6.45, 7) is 2.62. The third-order valence-corrected chi connectivity index (χ3v) is 4.69. The van der Waals surface area contributed by atoms with Crippen LogP contribution in [0, 0.1) is 11.8 Å². The molecule has 4 heteroatoms. The topological polar surface area (TPSA) is 49.8 Å². The number of rotatable bonds is 0. The SMILES string of the molecule is CC1C2CCCC(O)C2CC2COC(=O)N21. The first kappa shape index (κ1) is 10.4. The predicted octanol–water partition coefficient (Wildman–Crippen LogP) is 1.38. The van der Waals surface area contributed by atoms with Crippen LogP contribution in [0.15, 0.2) is 0 Å². The highest BCUT2D eigenvalue weighted by Gasteiger charge is 2.49. The van der Waals surface area contributed by atoms with Crippen molar-refractivity contribution in [1.82, 2.24) is 4.90 Å². The number of piperidine rings is 1. The van der Waals surface area contributed by atoms with Crippen LogP contribution < -0.4 is 0 Å². The van der Waals surface area contributed by atoms with Gasteiger partial charge in [0.25, 0.3) is 0 Å². The summed E-state index contributed by atoms with van der Waals surface area (Å²) in [5.41, 5.74) is 0. The van der Waals surface area contributed by atoms with Gasteiger partial charge >= 0.3 is 6.09 Å². The van der Waals surface area contributed by atoms with E-state index in [1.807, 2.05) is 4.90 Å². The summed E-state index contributed by atoms with van der Waals surface area (Å²) in [4.78, 5) is 13.5. The Morgan fingerprint density at radius 2 is 2.19 bits per heavy atom. The lowest BCUT2D eigenvalue weighted by atomic mass is 9.68. The van der Waals surface area contributed by atoms with Gasteiger partial charge in [0, 0.05) is 6.04 Å². The van der Waals surface area contributed by atoms with Crippen molar-refractivity contribution in [3.8, 4) is 0 Å². The number of hydrogen-bond acceptors (Lipinski definition) is 3. The summed E-state index contributed by atoms with van der Waals surface area (Å²) < 4.78 is 5.12. The normalized spacial score (nSPS) is 47.2. The van der Waals surface area contributed by atoms with Crippen molar-refractivity contribution < 1.29 is 14.6 Å². The molecule has 3 aliphatic rings. The molecule has 90 valence electrons. The number of aliphatic hydroxyl groups excluding tert-OH is 1. The molecular formula is C12H19NO3. The molecule has 0 bridgehead atoms. The maximum Gasteiger partial charge on any atom is 0.410 e. The van der Waals surface area contributed by atoms with Crippen LogP contribution in [0.3, 0.4) is 0 Å². The number of carbonyl (C=O) groups is 1. The molecule has 3 fully saturated rings. The molecule has 1 aliphatic carbocycles. The number of ether oxygens (including phenoxy) is 1. The zero-order valence-electron chi connectivity index (χ0n) is 9.63. The lowest BCUT2D eigenvalue weighted by Gasteiger charge is -2.48. The molecule has 4 nitrogen and oxygen atoms in total. The molecule has 1 amide bonds. The van der Waals surface area contributed by atoms with Gasteiger partial charge in [0.05, 0.1) is 12.1 Å². The predicted molar refractivity (Wildman–Crippen MR) is 57.9 cm³/mol. The average Bonchev–Trinajstić information content (AvgIpc) is 2.63. The number of fused-ring (bicyclic) bond motifs is 2. The largest absolute Gasteiger partial charge is 0.447 e. The van der Waals surface area contributed by atoms with E-state index in [0.717, 1.165) is 25.7 Å². The molecule has 0 radical (unpaired) electrons. The summed E-state index contributed by atoms with van der Waals surface area (Å²) in [7, 11) is 0. The molecule has 5 unspecified atom stereocenters. The Labute approximate surface area is 95.6 Å². The number of cyclic esters (lactones) is 1. The Kier molecular flexibility index (Phi) is 2.35. The van der Waals surface area contributed by atoms with Crippen molar-refractivity contribution >= 4 is 6.09 Å². The summed E-state index contributed by atoms with van der Waals surface area (Å²) in [5, 5.41) is 10.1. The fourth-order valence-corrected chi connectivity index (χ4v) is 3.88. The minimum absolute atomic E-state index is 0.156. The molecule has 2 heterocycles. The summed E-state index contributed by atoms with van der Waals surface area (Å²) >= 11 is 0. The second kappa shape index (κ2) is 3.62.